The van der Waals surface area contributed by atoms with Crippen molar-refractivity contribution in [3.05, 3.63) is 34.9 Å². The Morgan fingerprint density at radius 2 is 1.86 bits per heavy atom. The minimum absolute atomic E-state index is 0.302. The summed E-state index contributed by atoms with van der Waals surface area (Å²) in [5.74, 6) is 1.86. The molecule has 0 aromatic heterocycles. The van der Waals surface area contributed by atoms with Gasteiger partial charge in [-0.1, -0.05) is 23.8 Å². The lowest BCUT2D eigenvalue weighted by Gasteiger charge is -2.21. The van der Waals surface area contributed by atoms with Gasteiger partial charge in [0.25, 0.3) is 0 Å². The van der Waals surface area contributed by atoms with E-state index in [1.54, 1.807) is 0 Å². The fourth-order valence-electron chi connectivity index (χ4n) is 3.73. The van der Waals surface area contributed by atoms with E-state index >= 15 is 0 Å². The van der Waals surface area contributed by atoms with Crippen molar-refractivity contribution in [3.8, 4) is 0 Å². The molecule has 0 bridgehead atoms. The van der Waals surface area contributed by atoms with Crippen molar-refractivity contribution < 1.29 is 4.79 Å². The van der Waals surface area contributed by atoms with E-state index in [1.807, 2.05) is 0 Å². The summed E-state index contributed by atoms with van der Waals surface area (Å²) in [6.07, 6.45) is 2.88. The molecule has 2 fully saturated rings. The van der Waals surface area contributed by atoms with Crippen LogP contribution in [0, 0.1) is 25.7 Å². The zero-order valence-electron chi connectivity index (χ0n) is 13.2. The van der Waals surface area contributed by atoms with Gasteiger partial charge in [-0.2, -0.15) is 0 Å². The quantitative estimate of drug-likeness (QED) is 0.905. The molecule has 3 rings (SSSR count). The second kappa shape index (κ2) is 6.18. The van der Waals surface area contributed by atoms with E-state index in [9.17, 15) is 4.79 Å². The number of hydrogen-bond acceptors (Lipinski definition) is 2. The van der Waals surface area contributed by atoms with Crippen LogP contribution in [0.25, 0.3) is 0 Å². The second-order valence-electron chi connectivity index (χ2n) is 6.74. The SMILES string of the molecule is Cc1ccc(C)c(CC(=O)N2CC[C@@H]3CNC[C@@H]3CC2)c1. The average molecular weight is 286 g/mol. The topological polar surface area (TPSA) is 32.3 Å². The third-order valence-corrected chi connectivity index (χ3v) is 5.22. The van der Waals surface area contributed by atoms with Gasteiger partial charge >= 0.3 is 0 Å². The minimum atomic E-state index is 0.302. The fourth-order valence-corrected chi connectivity index (χ4v) is 3.73. The number of nitrogens with zero attached hydrogens (tertiary/aromatic N) is 1. The predicted octanol–water partition coefficient (Wildman–Crippen LogP) is 2.30. The number of amides is 1. The molecule has 2 aliphatic heterocycles. The van der Waals surface area contributed by atoms with Crippen molar-refractivity contribution in [2.75, 3.05) is 26.2 Å². The minimum Gasteiger partial charge on any atom is -0.342 e. The summed E-state index contributed by atoms with van der Waals surface area (Å²) < 4.78 is 0. The number of carbonyl (C=O) groups excluding carboxylic acids is 1. The molecule has 1 aromatic rings. The summed E-state index contributed by atoms with van der Waals surface area (Å²) in [7, 11) is 0. The van der Waals surface area contributed by atoms with Gasteiger partial charge in [-0.3, -0.25) is 4.79 Å². The van der Waals surface area contributed by atoms with Gasteiger partial charge in [0.15, 0.2) is 0 Å². The van der Waals surface area contributed by atoms with Gasteiger partial charge < -0.3 is 10.2 Å². The average Bonchev–Trinajstić information content (AvgIpc) is 2.81. The first-order valence-corrected chi connectivity index (χ1v) is 8.18. The molecule has 3 heteroatoms. The summed E-state index contributed by atoms with van der Waals surface area (Å²) in [4.78, 5) is 14.7. The third-order valence-electron chi connectivity index (χ3n) is 5.22. The van der Waals surface area contributed by atoms with Crippen molar-refractivity contribution in [1.82, 2.24) is 10.2 Å². The van der Waals surface area contributed by atoms with Crippen LogP contribution in [0.3, 0.4) is 0 Å². The fraction of sp³-hybridized carbons (Fsp3) is 0.611. The molecule has 1 amide bonds. The molecule has 114 valence electrons. The van der Waals surface area contributed by atoms with Crippen molar-refractivity contribution in [1.29, 1.82) is 0 Å². The molecule has 21 heavy (non-hydrogen) atoms. The highest BCUT2D eigenvalue weighted by atomic mass is 16.2. The molecular formula is C18H26N2O. The van der Waals surface area contributed by atoms with Gasteiger partial charge in [-0.15, -0.1) is 0 Å². The Hall–Kier alpha value is -1.35. The van der Waals surface area contributed by atoms with Crippen molar-refractivity contribution in [2.45, 2.75) is 33.1 Å². The first-order valence-electron chi connectivity index (χ1n) is 8.18. The highest BCUT2D eigenvalue weighted by Gasteiger charge is 2.31. The molecule has 3 nitrogen and oxygen atoms in total. The first kappa shape index (κ1) is 14.6. The molecule has 0 radical (unpaired) electrons. The van der Waals surface area contributed by atoms with Crippen LogP contribution in [-0.2, 0) is 11.2 Å². The number of benzene rings is 1. The van der Waals surface area contributed by atoms with Crippen LogP contribution in [0.15, 0.2) is 18.2 Å². The van der Waals surface area contributed by atoms with E-state index in [1.165, 1.54) is 16.7 Å². The van der Waals surface area contributed by atoms with Crippen LogP contribution in [0.4, 0.5) is 0 Å². The van der Waals surface area contributed by atoms with E-state index in [-0.39, 0.29) is 0 Å². The molecule has 2 heterocycles. The maximum absolute atomic E-state index is 12.6. The number of carbonyl (C=O) groups is 1. The Bertz CT molecular complexity index is 512. The Morgan fingerprint density at radius 3 is 2.52 bits per heavy atom. The van der Waals surface area contributed by atoms with E-state index in [0.29, 0.717) is 12.3 Å². The number of rotatable bonds is 2. The highest BCUT2D eigenvalue weighted by molar-refractivity contribution is 5.79. The molecule has 2 saturated heterocycles. The largest absolute Gasteiger partial charge is 0.342 e. The molecular weight excluding hydrogens is 260 g/mol. The lowest BCUT2D eigenvalue weighted by Crippen LogP contribution is -2.34. The van der Waals surface area contributed by atoms with E-state index in [2.05, 4.69) is 42.3 Å². The summed E-state index contributed by atoms with van der Waals surface area (Å²) in [5.41, 5.74) is 3.65. The number of nitrogens with one attached hydrogen (secondary N) is 1. The Balaban J connectivity index is 1.64. The van der Waals surface area contributed by atoms with Gasteiger partial charge in [0.2, 0.25) is 5.91 Å². The third kappa shape index (κ3) is 3.29. The number of hydrogen-bond donors (Lipinski definition) is 1. The summed E-state index contributed by atoms with van der Waals surface area (Å²) in [6, 6.07) is 6.39. The van der Waals surface area contributed by atoms with Crippen LogP contribution >= 0.6 is 0 Å². The Labute approximate surface area is 127 Å². The maximum Gasteiger partial charge on any atom is 0.226 e. The van der Waals surface area contributed by atoms with Crippen LogP contribution in [0.5, 0.6) is 0 Å². The van der Waals surface area contributed by atoms with Crippen molar-refractivity contribution in [3.63, 3.8) is 0 Å². The summed E-state index contributed by atoms with van der Waals surface area (Å²) in [6.45, 7) is 8.35. The smallest absolute Gasteiger partial charge is 0.226 e. The molecule has 0 unspecified atom stereocenters. The molecule has 1 N–H and O–H groups in total. The maximum atomic E-state index is 12.6. The van der Waals surface area contributed by atoms with Crippen molar-refractivity contribution >= 4 is 5.91 Å². The van der Waals surface area contributed by atoms with Crippen LogP contribution in [0.1, 0.15) is 29.5 Å². The van der Waals surface area contributed by atoms with Crippen LogP contribution in [0.2, 0.25) is 0 Å². The predicted molar refractivity (Wildman–Crippen MR) is 85.3 cm³/mol. The van der Waals surface area contributed by atoms with E-state index in [4.69, 9.17) is 0 Å². The molecule has 1 aromatic carbocycles. The molecule has 2 aliphatic rings. The van der Waals surface area contributed by atoms with Crippen LogP contribution in [-0.4, -0.2) is 37.0 Å². The van der Waals surface area contributed by atoms with Gasteiger partial charge in [0.1, 0.15) is 0 Å². The van der Waals surface area contributed by atoms with Gasteiger partial charge in [-0.25, -0.2) is 0 Å². The molecule has 0 saturated carbocycles. The standard InChI is InChI=1S/C18H26N2O/c1-13-3-4-14(2)17(9-13)10-18(21)20-7-5-15-11-19-12-16(15)6-8-20/h3-4,9,15-16,19H,5-8,10-12H2,1-2H3/t15-,16+. The number of aryl methyl sites for hydroxylation is 2. The second-order valence-corrected chi connectivity index (χ2v) is 6.74. The molecule has 0 spiro atoms. The lowest BCUT2D eigenvalue weighted by molar-refractivity contribution is -0.130. The Morgan fingerprint density at radius 1 is 1.19 bits per heavy atom. The number of likely N-dealkylation sites (tertiary alicyclic amines) is 1. The summed E-state index contributed by atoms with van der Waals surface area (Å²) in [5, 5.41) is 3.49. The monoisotopic (exact) mass is 286 g/mol. The lowest BCUT2D eigenvalue weighted by atomic mass is 9.92. The number of fused-ring (bicyclic) bond motifs is 1. The zero-order valence-corrected chi connectivity index (χ0v) is 13.2. The molecule has 0 aliphatic carbocycles. The Kier molecular flexibility index (Phi) is 4.29. The highest BCUT2D eigenvalue weighted by Crippen LogP contribution is 2.27. The van der Waals surface area contributed by atoms with E-state index in [0.717, 1.165) is 50.9 Å². The van der Waals surface area contributed by atoms with Gasteiger partial charge in [0, 0.05) is 13.1 Å². The van der Waals surface area contributed by atoms with Crippen molar-refractivity contribution in [2.24, 2.45) is 11.8 Å². The van der Waals surface area contributed by atoms with Gasteiger partial charge in [0.05, 0.1) is 6.42 Å². The van der Waals surface area contributed by atoms with E-state index < -0.39 is 0 Å². The van der Waals surface area contributed by atoms with Gasteiger partial charge in [-0.05, 0) is 62.7 Å². The first-order chi connectivity index (χ1) is 10.1. The summed E-state index contributed by atoms with van der Waals surface area (Å²) >= 11 is 0. The van der Waals surface area contributed by atoms with Crippen LogP contribution < -0.4 is 5.32 Å². The zero-order chi connectivity index (χ0) is 14.8. The normalized spacial score (nSPS) is 25.5. The molecule has 2 atom stereocenters.